The average molecular weight is 237 g/mol. The Morgan fingerprint density at radius 2 is 2.12 bits per heavy atom. The molecular weight excluding hydrogens is 226 g/mol. The van der Waals surface area contributed by atoms with Gasteiger partial charge in [-0.2, -0.15) is 0 Å². The summed E-state index contributed by atoms with van der Waals surface area (Å²) in [6, 6.07) is 1.28. The van der Waals surface area contributed by atoms with Crippen LogP contribution in [0.25, 0.3) is 0 Å². The van der Waals surface area contributed by atoms with E-state index in [1.807, 2.05) is 0 Å². The van der Waals surface area contributed by atoms with Crippen molar-refractivity contribution in [3.8, 4) is 0 Å². The minimum absolute atomic E-state index is 0.107. The number of anilines is 1. The lowest BCUT2D eigenvalue weighted by molar-refractivity contribution is -0.119. The molecule has 0 spiro atoms. The standard InChI is InChI=1S/C10H11N3O4/c14-7-1-4-11-5-6(7)12-8(15)10(2-3-10)13-9(16)17/h1,4-5,13H,2-3H2,(H,11,14)(H,12,15)(H,16,17). The fourth-order valence-electron chi connectivity index (χ4n) is 1.49. The van der Waals surface area contributed by atoms with Gasteiger partial charge in [0, 0.05) is 18.5 Å². The smallest absolute Gasteiger partial charge is 0.405 e. The third-order valence-electron chi connectivity index (χ3n) is 2.60. The lowest BCUT2D eigenvalue weighted by Gasteiger charge is -2.14. The first-order valence-electron chi connectivity index (χ1n) is 5.03. The summed E-state index contributed by atoms with van der Waals surface area (Å²) < 4.78 is 0. The van der Waals surface area contributed by atoms with Gasteiger partial charge in [-0.3, -0.25) is 9.59 Å². The van der Waals surface area contributed by atoms with Crippen LogP contribution in [0.4, 0.5) is 10.5 Å². The molecule has 1 saturated carbocycles. The van der Waals surface area contributed by atoms with Gasteiger partial charge in [-0.1, -0.05) is 0 Å². The summed E-state index contributed by atoms with van der Waals surface area (Å²) in [6.45, 7) is 0. The SMILES string of the molecule is O=C(O)NC1(C(=O)Nc2c[nH]ccc2=O)CC1. The molecule has 7 heteroatoms. The van der Waals surface area contributed by atoms with E-state index >= 15 is 0 Å². The van der Waals surface area contributed by atoms with Crippen molar-refractivity contribution in [1.29, 1.82) is 0 Å². The zero-order chi connectivity index (χ0) is 12.5. The topological polar surface area (TPSA) is 111 Å². The van der Waals surface area contributed by atoms with Gasteiger partial charge in [0.2, 0.25) is 11.3 Å². The highest BCUT2D eigenvalue weighted by Gasteiger charge is 2.51. The van der Waals surface area contributed by atoms with E-state index in [0.29, 0.717) is 12.8 Å². The Hall–Kier alpha value is -2.31. The van der Waals surface area contributed by atoms with Gasteiger partial charge in [0.1, 0.15) is 11.2 Å². The number of aromatic amines is 1. The number of rotatable bonds is 3. The average Bonchev–Trinajstić information content (AvgIpc) is 3.01. The number of aromatic nitrogens is 1. The quantitative estimate of drug-likeness (QED) is 0.598. The van der Waals surface area contributed by atoms with Crippen molar-refractivity contribution in [2.24, 2.45) is 0 Å². The molecule has 7 nitrogen and oxygen atoms in total. The van der Waals surface area contributed by atoms with Gasteiger partial charge < -0.3 is 20.7 Å². The maximum Gasteiger partial charge on any atom is 0.405 e. The van der Waals surface area contributed by atoms with E-state index in [4.69, 9.17) is 5.11 Å². The normalized spacial score (nSPS) is 16.0. The number of hydrogen-bond donors (Lipinski definition) is 4. The van der Waals surface area contributed by atoms with Crippen molar-refractivity contribution < 1.29 is 14.7 Å². The van der Waals surface area contributed by atoms with Crippen LogP contribution in [-0.4, -0.2) is 27.6 Å². The maximum absolute atomic E-state index is 11.8. The Labute approximate surface area is 95.8 Å². The molecule has 0 radical (unpaired) electrons. The second kappa shape index (κ2) is 3.93. The summed E-state index contributed by atoms with van der Waals surface area (Å²) in [5.41, 5.74) is -1.30. The van der Waals surface area contributed by atoms with Crippen molar-refractivity contribution in [1.82, 2.24) is 10.3 Å². The van der Waals surface area contributed by atoms with Crippen molar-refractivity contribution in [2.45, 2.75) is 18.4 Å². The van der Waals surface area contributed by atoms with Crippen molar-refractivity contribution >= 4 is 17.7 Å². The summed E-state index contributed by atoms with van der Waals surface area (Å²) in [5.74, 6) is -0.503. The van der Waals surface area contributed by atoms with Crippen molar-refractivity contribution in [3.63, 3.8) is 0 Å². The van der Waals surface area contributed by atoms with Crippen LogP contribution < -0.4 is 16.1 Å². The molecule has 0 atom stereocenters. The monoisotopic (exact) mass is 237 g/mol. The van der Waals surface area contributed by atoms with Gasteiger partial charge in [0.05, 0.1) is 0 Å². The minimum Gasteiger partial charge on any atom is -0.465 e. The van der Waals surface area contributed by atoms with Gasteiger partial charge in [0.15, 0.2) is 0 Å². The number of pyridine rings is 1. The molecule has 1 fully saturated rings. The molecular formula is C10H11N3O4. The van der Waals surface area contributed by atoms with Crippen LogP contribution in [0.3, 0.4) is 0 Å². The van der Waals surface area contributed by atoms with E-state index < -0.39 is 17.5 Å². The summed E-state index contributed by atoms with van der Waals surface area (Å²) in [5, 5.41) is 13.2. The molecule has 0 aromatic carbocycles. The molecule has 0 bridgehead atoms. The number of H-pyrrole nitrogens is 1. The molecule has 2 rings (SSSR count). The third-order valence-corrected chi connectivity index (χ3v) is 2.60. The zero-order valence-electron chi connectivity index (χ0n) is 8.82. The van der Waals surface area contributed by atoms with Crippen LogP contribution >= 0.6 is 0 Å². The van der Waals surface area contributed by atoms with Gasteiger partial charge in [-0.05, 0) is 12.8 Å². The highest BCUT2D eigenvalue weighted by atomic mass is 16.4. The first-order chi connectivity index (χ1) is 8.03. The molecule has 1 heterocycles. The molecule has 0 saturated heterocycles. The van der Waals surface area contributed by atoms with Crippen LogP contribution in [0.2, 0.25) is 0 Å². The molecule has 4 N–H and O–H groups in total. The number of nitrogens with one attached hydrogen (secondary N) is 3. The Balaban J connectivity index is 2.10. The summed E-state index contributed by atoms with van der Waals surface area (Å²) in [6.07, 6.45) is 2.43. The summed E-state index contributed by atoms with van der Waals surface area (Å²) in [4.78, 5) is 36.3. The van der Waals surface area contributed by atoms with Crippen LogP contribution in [0, 0.1) is 0 Å². The fourth-order valence-corrected chi connectivity index (χ4v) is 1.49. The summed E-state index contributed by atoms with van der Waals surface area (Å²) in [7, 11) is 0. The van der Waals surface area contributed by atoms with Crippen LogP contribution in [0.15, 0.2) is 23.3 Å². The Kier molecular flexibility index (Phi) is 2.58. The molecule has 1 aliphatic carbocycles. The van der Waals surface area contributed by atoms with E-state index in [0.717, 1.165) is 0 Å². The summed E-state index contributed by atoms with van der Waals surface area (Å²) >= 11 is 0. The number of carboxylic acid groups (broad SMARTS) is 1. The first kappa shape index (κ1) is 11.2. The second-order valence-electron chi connectivity index (χ2n) is 3.89. The maximum atomic E-state index is 11.8. The number of carbonyl (C=O) groups is 2. The predicted octanol–water partition coefficient (Wildman–Crippen LogP) is 0.114. The highest BCUT2D eigenvalue weighted by molar-refractivity contribution is 6.01. The number of hydrogen-bond acceptors (Lipinski definition) is 3. The van der Waals surface area contributed by atoms with Gasteiger partial charge in [-0.15, -0.1) is 0 Å². The molecule has 0 unspecified atom stereocenters. The lowest BCUT2D eigenvalue weighted by Crippen LogP contribution is -2.46. The number of carbonyl (C=O) groups excluding carboxylic acids is 1. The van der Waals surface area contributed by atoms with E-state index in [1.165, 1.54) is 18.5 Å². The molecule has 90 valence electrons. The Morgan fingerprint density at radius 1 is 1.41 bits per heavy atom. The van der Waals surface area contributed by atoms with Gasteiger partial charge >= 0.3 is 6.09 Å². The second-order valence-corrected chi connectivity index (χ2v) is 3.89. The first-order valence-corrected chi connectivity index (χ1v) is 5.03. The highest BCUT2D eigenvalue weighted by Crippen LogP contribution is 2.36. The molecule has 1 aromatic heterocycles. The van der Waals surface area contributed by atoms with Crippen LogP contribution in [0.5, 0.6) is 0 Å². The Bertz CT molecular complexity index is 518. The van der Waals surface area contributed by atoms with E-state index in [2.05, 4.69) is 15.6 Å². The molecule has 1 aliphatic rings. The fraction of sp³-hybridized carbons (Fsp3) is 0.300. The van der Waals surface area contributed by atoms with Crippen LogP contribution in [0.1, 0.15) is 12.8 Å². The molecule has 2 amide bonds. The lowest BCUT2D eigenvalue weighted by atomic mass is 10.2. The minimum atomic E-state index is -1.25. The molecule has 17 heavy (non-hydrogen) atoms. The van der Waals surface area contributed by atoms with Crippen molar-refractivity contribution in [3.05, 3.63) is 28.7 Å². The predicted molar refractivity (Wildman–Crippen MR) is 58.8 cm³/mol. The van der Waals surface area contributed by atoms with E-state index in [-0.39, 0.29) is 11.1 Å². The Morgan fingerprint density at radius 3 is 2.65 bits per heavy atom. The molecule has 1 aromatic rings. The van der Waals surface area contributed by atoms with Crippen LogP contribution in [-0.2, 0) is 4.79 Å². The van der Waals surface area contributed by atoms with Gasteiger partial charge in [-0.25, -0.2) is 4.79 Å². The zero-order valence-corrected chi connectivity index (χ0v) is 8.82. The van der Waals surface area contributed by atoms with E-state index in [9.17, 15) is 14.4 Å². The molecule has 0 aliphatic heterocycles. The third kappa shape index (κ3) is 2.27. The van der Waals surface area contributed by atoms with E-state index in [1.54, 1.807) is 0 Å². The van der Waals surface area contributed by atoms with Gasteiger partial charge in [0.25, 0.3) is 0 Å². The number of amides is 2. The largest absolute Gasteiger partial charge is 0.465 e. The van der Waals surface area contributed by atoms with Crippen molar-refractivity contribution in [2.75, 3.05) is 5.32 Å².